The molecule has 1 heterocycles. The van der Waals surface area contributed by atoms with Crippen LogP contribution >= 0.6 is 0 Å². The Labute approximate surface area is 166 Å². The van der Waals surface area contributed by atoms with E-state index in [0.717, 1.165) is 35.6 Å². The van der Waals surface area contributed by atoms with E-state index in [9.17, 15) is 9.59 Å². The average Bonchev–Trinajstić information content (AvgIpc) is 2.95. The van der Waals surface area contributed by atoms with Crippen molar-refractivity contribution in [2.45, 2.75) is 52.1 Å². The van der Waals surface area contributed by atoms with Gasteiger partial charge in [0, 0.05) is 18.2 Å². The van der Waals surface area contributed by atoms with Crippen molar-refractivity contribution in [3.05, 3.63) is 59.7 Å². The van der Waals surface area contributed by atoms with Crippen LogP contribution in [0, 0.1) is 0 Å². The van der Waals surface area contributed by atoms with E-state index in [1.165, 1.54) is 26.2 Å². The Morgan fingerprint density at radius 2 is 1.82 bits per heavy atom. The zero-order chi connectivity index (χ0) is 19.9. The lowest BCUT2D eigenvalue weighted by Gasteiger charge is -2.18. The molecule has 3 rings (SSSR count). The first-order chi connectivity index (χ1) is 13.6. The number of para-hydroxylation sites is 1. The minimum atomic E-state index is -0.612. The molecule has 0 aliphatic carbocycles. The minimum absolute atomic E-state index is 0.104. The molecule has 5 heteroatoms. The van der Waals surface area contributed by atoms with Crippen molar-refractivity contribution < 1.29 is 14.3 Å². The Bertz CT molecular complexity index is 817. The molecular formula is C23H28N2O3. The SMILES string of the molecule is CCCCCCOc1ccc(CN2C(=O)[C@@H](NC(C)=O)c3ccccc32)cc1. The largest absolute Gasteiger partial charge is 0.494 e. The van der Waals surface area contributed by atoms with Gasteiger partial charge in [0.1, 0.15) is 11.8 Å². The van der Waals surface area contributed by atoms with Crippen LogP contribution in [0.15, 0.2) is 48.5 Å². The lowest BCUT2D eigenvalue weighted by atomic mass is 10.1. The zero-order valence-corrected chi connectivity index (χ0v) is 16.6. The second-order valence-corrected chi connectivity index (χ2v) is 7.17. The van der Waals surface area contributed by atoms with E-state index in [1.807, 2.05) is 48.5 Å². The predicted molar refractivity (Wildman–Crippen MR) is 110 cm³/mol. The Kier molecular flexibility index (Phi) is 6.69. The monoisotopic (exact) mass is 380 g/mol. The molecule has 0 saturated heterocycles. The summed E-state index contributed by atoms with van der Waals surface area (Å²) in [6.07, 6.45) is 4.72. The molecule has 5 nitrogen and oxygen atoms in total. The molecule has 0 fully saturated rings. The quantitative estimate of drug-likeness (QED) is 0.657. The van der Waals surface area contributed by atoms with Crippen molar-refractivity contribution >= 4 is 17.5 Å². The molecule has 2 aromatic carbocycles. The third-order valence-corrected chi connectivity index (χ3v) is 4.93. The number of rotatable bonds is 9. The van der Waals surface area contributed by atoms with E-state index < -0.39 is 6.04 Å². The van der Waals surface area contributed by atoms with Crippen molar-refractivity contribution in [2.75, 3.05) is 11.5 Å². The highest BCUT2D eigenvalue weighted by Crippen LogP contribution is 2.36. The summed E-state index contributed by atoms with van der Waals surface area (Å²) in [5, 5.41) is 2.76. The number of hydrogen-bond donors (Lipinski definition) is 1. The Morgan fingerprint density at radius 1 is 1.07 bits per heavy atom. The number of benzene rings is 2. The van der Waals surface area contributed by atoms with Crippen LogP contribution in [0.4, 0.5) is 5.69 Å². The van der Waals surface area contributed by atoms with Crippen LogP contribution in [0.25, 0.3) is 0 Å². The summed E-state index contributed by atoms with van der Waals surface area (Å²) < 4.78 is 5.79. The van der Waals surface area contributed by atoms with Crippen molar-refractivity contribution in [2.24, 2.45) is 0 Å². The molecular weight excluding hydrogens is 352 g/mol. The molecule has 28 heavy (non-hydrogen) atoms. The molecule has 0 spiro atoms. The van der Waals surface area contributed by atoms with E-state index in [2.05, 4.69) is 12.2 Å². The molecule has 0 aromatic heterocycles. The second-order valence-electron chi connectivity index (χ2n) is 7.17. The number of hydrogen-bond acceptors (Lipinski definition) is 3. The van der Waals surface area contributed by atoms with Crippen LogP contribution in [-0.4, -0.2) is 18.4 Å². The molecule has 2 amide bonds. The molecule has 0 bridgehead atoms. The fourth-order valence-electron chi connectivity index (χ4n) is 3.48. The number of anilines is 1. The number of unbranched alkanes of at least 4 members (excludes halogenated alkanes) is 3. The molecule has 148 valence electrons. The molecule has 1 aliphatic rings. The first-order valence-corrected chi connectivity index (χ1v) is 9.99. The molecule has 0 unspecified atom stereocenters. The van der Waals surface area contributed by atoms with Gasteiger partial charge in [0.05, 0.1) is 13.2 Å². The summed E-state index contributed by atoms with van der Waals surface area (Å²) in [6, 6.07) is 14.9. The van der Waals surface area contributed by atoms with Gasteiger partial charge in [-0.1, -0.05) is 56.5 Å². The number of carbonyl (C=O) groups excluding carboxylic acids is 2. The maximum Gasteiger partial charge on any atom is 0.254 e. The summed E-state index contributed by atoms with van der Waals surface area (Å²) >= 11 is 0. The number of amides is 2. The van der Waals surface area contributed by atoms with Crippen molar-refractivity contribution in [3.63, 3.8) is 0 Å². The Hall–Kier alpha value is -2.82. The van der Waals surface area contributed by atoms with E-state index in [1.54, 1.807) is 4.90 Å². The van der Waals surface area contributed by atoms with Gasteiger partial charge in [-0.15, -0.1) is 0 Å². The highest BCUT2D eigenvalue weighted by Gasteiger charge is 2.37. The molecule has 1 aliphatic heterocycles. The van der Waals surface area contributed by atoms with Crippen LogP contribution in [0.2, 0.25) is 0 Å². The van der Waals surface area contributed by atoms with E-state index in [4.69, 9.17) is 4.74 Å². The first kappa shape index (κ1) is 19.9. The van der Waals surface area contributed by atoms with Gasteiger partial charge in [-0.25, -0.2) is 0 Å². The summed E-state index contributed by atoms with van der Waals surface area (Å²) in [5.74, 6) is 0.535. The van der Waals surface area contributed by atoms with E-state index in [0.29, 0.717) is 6.54 Å². The Balaban J connectivity index is 1.65. The highest BCUT2D eigenvalue weighted by molar-refractivity contribution is 6.06. The van der Waals surface area contributed by atoms with Crippen molar-refractivity contribution in [1.82, 2.24) is 5.32 Å². The first-order valence-electron chi connectivity index (χ1n) is 9.99. The maximum atomic E-state index is 12.9. The third-order valence-electron chi connectivity index (χ3n) is 4.93. The predicted octanol–water partition coefficient (Wildman–Crippen LogP) is 4.37. The molecule has 0 saturated carbocycles. The lowest BCUT2D eigenvalue weighted by molar-refractivity contribution is -0.126. The number of carbonyl (C=O) groups is 2. The van der Waals surface area contributed by atoms with Gasteiger partial charge in [-0.2, -0.15) is 0 Å². The topological polar surface area (TPSA) is 58.6 Å². The second kappa shape index (κ2) is 9.40. The van der Waals surface area contributed by atoms with Crippen LogP contribution in [-0.2, 0) is 16.1 Å². The summed E-state index contributed by atoms with van der Waals surface area (Å²) in [4.78, 5) is 26.1. The summed E-state index contributed by atoms with van der Waals surface area (Å²) in [5.41, 5.74) is 2.71. The normalized spacial score (nSPS) is 15.4. The van der Waals surface area contributed by atoms with Gasteiger partial charge >= 0.3 is 0 Å². The fraction of sp³-hybridized carbons (Fsp3) is 0.391. The van der Waals surface area contributed by atoms with Crippen LogP contribution in [0.3, 0.4) is 0 Å². The van der Waals surface area contributed by atoms with Crippen molar-refractivity contribution in [1.29, 1.82) is 0 Å². The number of nitrogens with one attached hydrogen (secondary N) is 1. The number of fused-ring (bicyclic) bond motifs is 1. The van der Waals surface area contributed by atoms with Gasteiger partial charge in [0.25, 0.3) is 5.91 Å². The lowest BCUT2D eigenvalue weighted by Crippen LogP contribution is -2.36. The number of nitrogens with zero attached hydrogens (tertiary/aromatic N) is 1. The zero-order valence-electron chi connectivity index (χ0n) is 16.6. The summed E-state index contributed by atoms with van der Waals surface area (Å²) in [6.45, 7) is 4.82. The molecule has 1 N–H and O–H groups in total. The smallest absolute Gasteiger partial charge is 0.254 e. The third kappa shape index (κ3) is 4.71. The van der Waals surface area contributed by atoms with Gasteiger partial charge in [0.2, 0.25) is 5.91 Å². The molecule has 0 radical (unpaired) electrons. The van der Waals surface area contributed by atoms with Crippen LogP contribution in [0.1, 0.15) is 56.7 Å². The number of ether oxygens (including phenoxy) is 1. The Morgan fingerprint density at radius 3 is 2.54 bits per heavy atom. The van der Waals surface area contributed by atoms with Crippen molar-refractivity contribution in [3.8, 4) is 5.75 Å². The fourth-order valence-corrected chi connectivity index (χ4v) is 3.48. The highest BCUT2D eigenvalue weighted by atomic mass is 16.5. The maximum absolute atomic E-state index is 12.9. The van der Waals surface area contributed by atoms with E-state index in [-0.39, 0.29) is 11.8 Å². The van der Waals surface area contributed by atoms with Crippen LogP contribution < -0.4 is 15.0 Å². The molecule has 1 atom stereocenters. The average molecular weight is 380 g/mol. The van der Waals surface area contributed by atoms with E-state index >= 15 is 0 Å². The molecule has 2 aromatic rings. The standard InChI is InChI=1S/C23H28N2O3/c1-3-4-5-8-15-28-19-13-11-18(12-14-19)16-25-21-10-7-6-9-20(21)22(23(25)27)24-17(2)26/h6-7,9-14,22H,3-5,8,15-16H2,1-2H3,(H,24,26)/t22-/m0/s1. The van der Waals surface area contributed by atoms with Gasteiger partial charge in [0.15, 0.2) is 0 Å². The summed E-state index contributed by atoms with van der Waals surface area (Å²) in [7, 11) is 0. The minimum Gasteiger partial charge on any atom is -0.494 e. The van der Waals surface area contributed by atoms with Gasteiger partial charge < -0.3 is 15.0 Å². The van der Waals surface area contributed by atoms with Gasteiger partial charge in [-0.3, -0.25) is 9.59 Å². The van der Waals surface area contributed by atoms with Crippen LogP contribution in [0.5, 0.6) is 5.75 Å². The van der Waals surface area contributed by atoms with Gasteiger partial charge in [-0.05, 0) is 30.2 Å².